The summed E-state index contributed by atoms with van der Waals surface area (Å²) in [6.45, 7) is 26.7. The van der Waals surface area contributed by atoms with Crippen molar-refractivity contribution in [1.82, 2.24) is 0 Å². The van der Waals surface area contributed by atoms with Gasteiger partial charge < -0.3 is 14.5 Å². The molecule has 330 valence electrons. The highest BCUT2D eigenvalue weighted by atomic mass is 16.6. The number of cyclic esters (lactones) is 2. The number of rotatable bonds is 8. The van der Waals surface area contributed by atoms with Crippen LogP contribution in [0.4, 0.5) is 34.1 Å². The van der Waals surface area contributed by atoms with E-state index in [0.29, 0.717) is 11.1 Å². The molecule has 1 aliphatic heterocycles. The zero-order chi connectivity index (χ0) is 46.6. The lowest BCUT2D eigenvalue weighted by atomic mass is 9.86. The number of carbonyl (C=O) groups excluding carboxylic acids is 2. The van der Waals surface area contributed by atoms with Crippen molar-refractivity contribution in [2.75, 3.05) is 9.80 Å². The highest BCUT2D eigenvalue weighted by Crippen LogP contribution is 2.43. The van der Waals surface area contributed by atoms with Gasteiger partial charge in [-0.3, -0.25) is 0 Å². The molecule has 65 heavy (non-hydrogen) atoms. The molecule has 0 aromatic heterocycles. The van der Waals surface area contributed by atoms with Crippen molar-refractivity contribution in [3.05, 3.63) is 191 Å². The summed E-state index contributed by atoms with van der Waals surface area (Å²) < 4.78 is 5.35. The summed E-state index contributed by atoms with van der Waals surface area (Å²) in [7, 11) is 0. The monoisotopic (exact) mass is 858 g/mol. The first-order valence-electron chi connectivity index (χ1n) is 22.7. The van der Waals surface area contributed by atoms with E-state index in [9.17, 15) is 9.59 Å². The van der Waals surface area contributed by atoms with E-state index in [-0.39, 0.29) is 32.8 Å². The van der Waals surface area contributed by atoms with Crippen LogP contribution in [0, 0.1) is 0 Å². The summed E-state index contributed by atoms with van der Waals surface area (Å²) in [4.78, 5) is 31.6. The molecule has 0 radical (unpaired) electrons. The second-order valence-corrected chi connectivity index (χ2v) is 21.5. The van der Waals surface area contributed by atoms with E-state index in [1.807, 2.05) is 36.4 Å². The second kappa shape index (κ2) is 16.7. The first-order valence-corrected chi connectivity index (χ1v) is 22.7. The summed E-state index contributed by atoms with van der Waals surface area (Å²) >= 11 is 0. The largest absolute Gasteiger partial charge is 0.386 e. The highest BCUT2D eigenvalue weighted by molar-refractivity contribution is 6.21. The molecular formula is C60H62N2O3. The van der Waals surface area contributed by atoms with Gasteiger partial charge in [-0.2, -0.15) is 0 Å². The molecule has 5 heteroatoms. The normalized spacial score (nSPS) is 13.1. The van der Waals surface area contributed by atoms with Crippen molar-refractivity contribution >= 4 is 46.1 Å². The van der Waals surface area contributed by atoms with Crippen LogP contribution in [0.1, 0.15) is 126 Å². The van der Waals surface area contributed by atoms with Gasteiger partial charge in [0.1, 0.15) is 0 Å². The summed E-state index contributed by atoms with van der Waals surface area (Å²) in [5.41, 5.74) is 14.8. The Kier molecular flexibility index (Phi) is 11.5. The molecule has 5 nitrogen and oxygen atoms in total. The minimum atomic E-state index is -0.634. The van der Waals surface area contributed by atoms with Crippen LogP contribution >= 0.6 is 0 Å². The van der Waals surface area contributed by atoms with Gasteiger partial charge in [0.05, 0.1) is 11.1 Å². The summed E-state index contributed by atoms with van der Waals surface area (Å²) in [5, 5.41) is 0. The van der Waals surface area contributed by atoms with E-state index in [0.717, 1.165) is 45.3 Å². The Morgan fingerprint density at radius 1 is 0.292 bits per heavy atom. The van der Waals surface area contributed by atoms with E-state index in [4.69, 9.17) is 4.74 Å². The van der Waals surface area contributed by atoms with E-state index >= 15 is 0 Å². The van der Waals surface area contributed by atoms with Gasteiger partial charge in [0.15, 0.2) is 0 Å². The first kappa shape index (κ1) is 44.9. The Morgan fingerprint density at radius 3 is 0.692 bits per heavy atom. The number of hydrogen-bond donors (Lipinski definition) is 0. The first-order chi connectivity index (χ1) is 30.6. The van der Waals surface area contributed by atoms with E-state index in [2.05, 4.69) is 214 Å². The fourth-order valence-electron chi connectivity index (χ4n) is 8.61. The maximum absolute atomic E-state index is 13.6. The summed E-state index contributed by atoms with van der Waals surface area (Å²) in [6.07, 6.45) is 0. The van der Waals surface area contributed by atoms with Crippen LogP contribution in [-0.2, 0) is 26.4 Å². The number of ether oxygens (including phenoxy) is 1. The van der Waals surface area contributed by atoms with Gasteiger partial charge >= 0.3 is 11.9 Å². The van der Waals surface area contributed by atoms with Crippen molar-refractivity contribution in [3.8, 4) is 22.3 Å². The number of hydrogen-bond acceptors (Lipinski definition) is 5. The molecule has 0 atom stereocenters. The molecule has 0 saturated heterocycles. The highest BCUT2D eigenvalue weighted by Gasteiger charge is 2.36. The van der Waals surface area contributed by atoms with Crippen molar-refractivity contribution in [2.24, 2.45) is 0 Å². The van der Waals surface area contributed by atoms with Gasteiger partial charge in [-0.15, -0.1) is 0 Å². The number of nitrogens with zero attached hydrogens (tertiary/aromatic N) is 2. The predicted octanol–water partition coefficient (Wildman–Crippen LogP) is 16.5. The van der Waals surface area contributed by atoms with Gasteiger partial charge in [0.2, 0.25) is 0 Å². The minimum absolute atomic E-state index is 0.0289. The molecule has 0 fully saturated rings. The Labute approximate surface area is 386 Å². The van der Waals surface area contributed by atoms with E-state index < -0.39 is 11.9 Å². The standard InChI is InChI=1S/C60H62N2O3/c1-57(2,3)41-17-29-47(30-18-41)61(48-31-19-42(20-32-48)58(4,5)6)45-25-13-39(14-26-45)51-37-38-52(54-53(51)55(63)65-56(54)64)40-15-27-46(28-16-40)62(49-33-21-43(22-34-49)59(7,8)9)50-35-23-44(24-36-50)60(10,11)12/h13-38H,1-12H3. The van der Waals surface area contributed by atoms with Gasteiger partial charge in [0, 0.05) is 34.1 Å². The second-order valence-electron chi connectivity index (χ2n) is 21.5. The molecule has 1 aliphatic rings. The van der Waals surface area contributed by atoms with Crippen LogP contribution in [-0.4, -0.2) is 11.9 Å². The van der Waals surface area contributed by atoms with E-state index in [1.54, 1.807) is 0 Å². The van der Waals surface area contributed by atoms with Crippen LogP contribution in [0.2, 0.25) is 0 Å². The number of benzene rings is 7. The lowest BCUT2D eigenvalue weighted by Gasteiger charge is -2.28. The molecular weight excluding hydrogens is 797 g/mol. The SMILES string of the molecule is CC(C)(C)c1ccc(N(c2ccc(-c3ccc(-c4ccc(N(c5ccc(C(C)(C)C)cc5)c5ccc(C(C)(C)C)cc5)cc4)c4c3C(=O)OC4=O)cc2)c2ccc(C(C)(C)C)cc2)cc1. The number of fused-ring (bicyclic) bond motifs is 1. The maximum atomic E-state index is 13.6. The molecule has 7 aromatic rings. The van der Waals surface area contributed by atoms with Crippen LogP contribution in [0.5, 0.6) is 0 Å². The molecule has 7 aromatic carbocycles. The quantitative estimate of drug-likeness (QED) is 0.113. The van der Waals surface area contributed by atoms with Crippen LogP contribution < -0.4 is 9.80 Å². The molecule has 8 rings (SSSR count). The average Bonchev–Trinajstić information content (AvgIpc) is 3.56. The number of carbonyl (C=O) groups is 2. The third-order valence-corrected chi connectivity index (χ3v) is 12.6. The molecule has 0 bridgehead atoms. The molecule has 0 amide bonds. The van der Waals surface area contributed by atoms with Gasteiger partial charge in [-0.1, -0.05) is 168 Å². The van der Waals surface area contributed by atoms with Crippen LogP contribution in [0.3, 0.4) is 0 Å². The van der Waals surface area contributed by atoms with Gasteiger partial charge in [0.25, 0.3) is 0 Å². The van der Waals surface area contributed by atoms with Crippen molar-refractivity contribution in [3.63, 3.8) is 0 Å². The molecule has 0 aliphatic carbocycles. The van der Waals surface area contributed by atoms with Crippen LogP contribution in [0.15, 0.2) is 158 Å². The maximum Gasteiger partial charge on any atom is 0.347 e. The predicted molar refractivity (Wildman–Crippen MR) is 271 cm³/mol. The lowest BCUT2D eigenvalue weighted by molar-refractivity contribution is 0.0444. The Morgan fingerprint density at radius 2 is 0.492 bits per heavy atom. The molecule has 0 unspecified atom stereocenters. The Bertz CT molecular complexity index is 2530. The third kappa shape index (κ3) is 9.15. The molecule has 0 N–H and O–H groups in total. The Hall–Kier alpha value is -6.72. The Balaban J connectivity index is 1.15. The minimum Gasteiger partial charge on any atom is -0.386 e. The summed E-state index contributed by atoms with van der Waals surface area (Å²) in [6, 6.07) is 55.3. The zero-order valence-corrected chi connectivity index (χ0v) is 40.1. The average molecular weight is 859 g/mol. The van der Waals surface area contributed by atoms with Crippen LogP contribution in [0.25, 0.3) is 22.3 Å². The van der Waals surface area contributed by atoms with Gasteiger partial charge in [-0.05, 0) is 139 Å². The number of anilines is 6. The topological polar surface area (TPSA) is 49.9 Å². The fourth-order valence-corrected chi connectivity index (χ4v) is 8.61. The van der Waals surface area contributed by atoms with Gasteiger partial charge in [-0.25, -0.2) is 9.59 Å². The van der Waals surface area contributed by atoms with Crippen molar-refractivity contribution < 1.29 is 14.3 Å². The lowest BCUT2D eigenvalue weighted by Crippen LogP contribution is -2.14. The molecule has 0 spiro atoms. The third-order valence-electron chi connectivity index (χ3n) is 12.6. The molecule has 0 saturated carbocycles. The smallest absolute Gasteiger partial charge is 0.347 e. The molecule has 1 heterocycles. The zero-order valence-electron chi connectivity index (χ0n) is 40.1. The van der Waals surface area contributed by atoms with Crippen molar-refractivity contribution in [2.45, 2.75) is 105 Å². The summed E-state index contributed by atoms with van der Waals surface area (Å²) in [5.74, 6) is -1.27. The number of esters is 2. The van der Waals surface area contributed by atoms with Crippen molar-refractivity contribution in [1.29, 1.82) is 0 Å². The fraction of sp³-hybridized carbons (Fsp3) is 0.267. The van der Waals surface area contributed by atoms with E-state index in [1.165, 1.54) is 22.3 Å².